The van der Waals surface area contributed by atoms with Gasteiger partial charge in [-0.2, -0.15) is 5.10 Å². The Morgan fingerprint density at radius 1 is 1.64 bits per heavy atom. The Morgan fingerprint density at radius 2 is 2.50 bits per heavy atom. The van der Waals surface area contributed by atoms with Gasteiger partial charge in [-0.15, -0.1) is 0 Å². The number of hydrogen-bond acceptors (Lipinski definition) is 3. The number of hydrogen-bond donors (Lipinski definition) is 0. The second-order valence-electron chi connectivity index (χ2n) is 4.18. The molecule has 0 N–H and O–H groups in total. The molecule has 2 aliphatic rings. The highest BCUT2D eigenvalue weighted by Crippen LogP contribution is 2.20. The van der Waals surface area contributed by atoms with Gasteiger partial charge in [-0.3, -0.25) is 9.58 Å². The Labute approximate surface area is 83.5 Å². The number of nitrogens with zero attached hydrogens (tertiary/aromatic N) is 3. The SMILES string of the molecule is Cn1ncc2c1CN(CC1CO1)CC2. The van der Waals surface area contributed by atoms with Gasteiger partial charge >= 0.3 is 0 Å². The van der Waals surface area contributed by atoms with Gasteiger partial charge in [0, 0.05) is 26.7 Å². The summed E-state index contributed by atoms with van der Waals surface area (Å²) in [6.07, 6.45) is 3.64. The zero-order valence-corrected chi connectivity index (χ0v) is 8.44. The zero-order valence-electron chi connectivity index (χ0n) is 8.44. The standard InChI is InChI=1S/C10H15N3O/c1-12-10-6-13(5-9-7-14-9)3-2-8(10)4-11-12/h4,9H,2-3,5-7H2,1H3. The molecule has 1 unspecified atom stereocenters. The molecule has 3 rings (SSSR count). The first-order valence-electron chi connectivity index (χ1n) is 5.16. The maximum Gasteiger partial charge on any atom is 0.0936 e. The fraction of sp³-hybridized carbons (Fsp3) is 0.700. The van der Waals surface area contributed by atoms with E-state index in [4.69, 9.17) is 4.74 Å². The van der Waals surface area contributed by atoms with Gasteiger partial charge in [0.05, 0.1) is 24.6 Å². The summed E-state index contributed by atoms with van der Waals surface area (Å²) in [5.74, 6) is 0. The summed E-state index contributed by atoms with van der Waals surface area (Å²) in [5, 5.41) is 4.29. The predicted molar refractivity (Wildman–Crippen MR) is 51.9 cm³/mol. The van der Waals surface area contributed by atoms with Gasteiger partial charge in [0.15, 0.2) is 0 Å². The normalized spacial score (nSPS) is 26.2. The Bertz CT molecular complexity index is 343. The Kier molecular flexibility index (Phi) is 1.85. The molecule has 4 nitrogen and oxygen atoms in total. The van der Waals surface area contributed by atoms with Gasteiger partial charge in [-0.25, -0.2) is 0 Å². The fourth-order valence-corrected chi connectivity index (χ4v) is 2.11. The van der Waals surface area contributed by atoms with Crippen LogP contribution in [0.15, 0.2) is 6.20 Å². The molecule has 3 heterocycles. The van der Waals surface area contributed by atoms with Crippen molar-refractivity contribution in [3.05, 3.63) is 17.5 Å². The molecule has 0 radical (unpaired) electrons. The van der Waals surface area contributed by atoms with Crippen molar-refractivity contribution in [2.45, 2.75) is 19.1 Å². The van der Waals surface area contributed by atoms with E-state index in [-0.39, 0.29) is 0 Å². The van der Waals surface area contributed by atoms with Crippen LogP contribution in [0, 0.1) is 0 Å². The summed E-state index contributed by atoms with van der Waals surface area (Å²) in [7, 11) is 2.02. The van der Waals surface area contributed by atoms with Crippen molar-refractivity contribution in [3.8, 4) is 0 Å². The first-order valence-corrected chi connectivity index (χ1v) is 5.16. The first kappa shape index (κ1) is 8.44. The molecule has 0 aromatic carbocycles. The number of aryl methyl sites for hydroxylation is 1. The molecule has 14 heavy (non-hydrogen) atoms. The zero-order chi connectivity index (χ0) is 9.54. The fourth-order valence-electron chi connectivity index (χ4n) is 2.11. The predicted octanol–water partition coefficient (Wildman–Crippen LogP) is 0.177. The van der Waals surface area contributed by atoms with E-state index in [2.05, 4.69) is 10.00 Å². The summed E-state index contributed by atoms with van der Waals surface area (Å²) in [6.45, 7) is 4.23. The molecule has 76 valence electrons. The minimum absolute atomic E-state index is 0.504. The minimum atomic E-state index is 0.504. The lowest BCUT2D eigenvalue weighted by Crippen LogP contribution is -2.34. The van der Waals surface area contributed by atoms with E-state index >= 15 is 0 Å². The van der Waals surface area contributed by atoms with Crippen molar-refractivity contribution in [2.75, 3.05) is 19.7 Å². The maximum absolute atomic E-state index is 5.25. The van der Waals surface area contributed by atoms with Crippen molar-refractivity contribution in [1.29, 1.82) is 0 Å². The summed E-state index contributed by atoms with van der Waals surface area (Å²) in [5.41, 5.74) is 2.79. The smallest absolute Gasteiger partial charge is 0.0936 e. The van der Waals surface area contributed by atoms with Crippen LogP contribution >= 0.6 is 0 Å². The Balaban J connectivity index is 1.74. The third-order valence-corrected chi connectivity index (χ3v) is 3.08. The lowest BCUT2D eigenvalue weighted by atomic mass is 10.1. The number of ether oxygens (including phenoxy) is 1. The third kappa shape index (κ3) is 1.44. The highest BCUT2D eigenvalue weighted by molar-refractivity contribution is 5.20. The molecule has 0 spiro atoms. The van der Waals surface area contributed by atoms with Crippen LogP contribution in [0.2, 0.25) is 0 Å². The number of aromatic nitrogens is 2. The van der Waals surface area contributed by atoms with Crippen molar-refractivity contribution < 1.29 is 4.74 Å². The molecule has 0 aliphatic carbocycles. The van der Waals surface area contributed by atoms with Gasteiger partial charge < -0.3 is 4.74 Å². The van der Waals surface area contributed by atoms with Crippen molar-refractivity contribution in [3.63, 3.8) is 0 Å². The molecule has 0 amide bonds. The van der Waals surface area contributed by atoms with Gasteiger partial charge in [-0.1, -0.05) is 0 Å². The average Bonchev–Trinajstić information content (AvgIpc) is 2.92. The van der Waals surface area contributed by atoms with E-state index in [0.717, 1.165) is 32.7 Å². The lowest BCUT2D eigenvalue weighted by Gasteiger charge is -2.26. The second kappa shape index (κ2) is 3.07. The van der Waals surface area contributed by atoms with Crippen LogP contribution in [0.3, 0.4) is 0 Å². The Morgan fingerprint density at radius 3 is 3.29 bits per heavy atom. The molecule has 0 bridgehead atoms. The molecular formula is C10H15N3O. The average molecular weight is 193 g/mol. The van der Waals surface area contributed by atoms with Crippen LogP contribution < -0.4 is 0 Å². The highest BCUT2D eigenvalue weighted by Gasteiger charge is 2.28. The number of rotatable bonds is 2. The number of epoxide rings is 1. The van der Waals surface area contributed by atoms with Crippen molar-refractivity contribution in [1.82, 2.24) is 14.7 Å². The molecule has 0 saturated carbocycles. The highest BCUT2D eigenvalue weighted by atomic mass is 16.6. The van der Waals surface area contributed by atoms with Crippen molar-refractivity contribution in [2.24, 2.45) is 7.05 Å². The topological polar surface area (TPSA) is 33.6 Å². The van der Waals surface area contributed by atoms with E-state index < -0.39 is 0 Å². The van der Waals surface area contributed by atoms with E-state index in [1.807, 2.05) is 17.9 Å². The molecule has 1 fully saturated rings. The maximum atomic E-state index is 5.25. The van der Waals surface area contributed by atoms with Crippen LogP contribution in [0.5, 0.6) is 0 Å². The van der Waals surface area contributed by atoms with Gasteiger partial charge in [0.1, 0.15) is 0 Å². The lowest BCUT2D eigenvalue weighted by molar-refractivity contribution is 0.220. The minimum Gasteiger partial charge on any atom is -0.372 e. The summed E-state index contributed by atoms with van der Waals surface area (Å²) >= 11 is 0. The van der Waals surface area contributed by atoms with Crippen LogP contribution in [0.1, 0.15) is 11.3 Å². The molecule has 4 heteroatoms. The van der Waals surface area contributed by atoms with Gasteiger partial charge in [0.2, 0.25) is 0 Å². The summed E-state index contributed by atoms with van der Waals surface area (Å²) < 4.78 is 7.24. The largest absolute Gasteiger partial charge is 0.372 e. The first-order chi connectivity index (χ1) is 6.83. The van der Waals surface area contributed by atoms with Gasteiger partial charge in [-0.05, 0) is 12.0 Å². The second-order valence-corrected chi connectivity index (χ2v) is 4.18. The summed E-state index contributed by atoms with van der Waals surface area (Å²) in [4.78, 5) is 2.46. The van der Waals surface area contributed by atoms with E-state index in [0.29, 0.717) is 6.10 Å². The van der Waals surface area contributed by atoms with Crippen molar-refractivity contribution >= 4 is 0 Å². The molecule has 1 aromatic rings. The molecule has 1 atom stereocenters. The quantitative estimate of drug-likeness (QED) is 0.628. The van der Waals surface area contributed by atoms with Crippen LogP contribution in [-0.2, 0) is 24.8 Å². The molecule has 1 aromatic heterocycles. The van der Waals surface area contributed by atoms with E-state index in [9.17, 15) is 0 Å². The Hall–Kier alpha value is -0.870. The van der Waals surface area contributed by atoms with Crippen LogP contribution in [0.25, 0.3) is 0 Å². The molecule has 2 aliphatic heterocycles. The molecular weight excluding hydrogens is 178 g/mol. The number of fused-ring (bicyclic) bond motifs is 1. The van der Waals surface area contributed by atoms with Gasteiger partial charge in [0.25, 0.3) is 0 Å². The third-order valence-electron chi connectivity index (χ3n) is 3.08. The van der Waals surface area contributed by atoms with E-state index in [1.54, 1.807) is 0 Å². The molecule has 1 saturated heterocycles. The van der Waals surface area contributed by atoms with Crippen LogP contribution in [-0.4, -0.2) is 40.5 Å². The van der Waals surface area contributed by atoms with E-state index in [1.165, 1.54) is 11.3 Å². The van der Waals surface area contributed by atoms with Crippen LogP contribution in [0.4, 0.5) is 0 Å². The monoisotopic (exact) mass is 193 g/mol. The summed E-state index contributed by atoms with van der Waals surface area (Å²) in [6, 6.07) is 0.